The molecule has 0 aromatic carbocycles. The molecule has 0 fully saturated rings. The van der Waals surface area contributed by atoms with Gasteiger partial charge in [0, 0.05) is 12.2 Å². The molecule has 0 aliphatic heterocycles. The van der Waals surface area contributed by atoms with E-state index in [1.54, 1.807) is 6.92 Å². The summed E-state index contributed by atoms with van der Waals surface area (Å²) in [5.74, 6) is -2.48. The molecule has 10 heteroatoms. The van der Waals surface area contributed by atoms with Crippen LogP contribution in [-0.2, 0) is 23.9 Å². The molecule has 1 atom stereocenters. The highest BCUT2D eigenvalue weighted by molar-refractivity contribution is 8.15. The number of thioether (sulfide) groups is 1. The monoisotopic (exact) mass is 353 g/mol. The van der Waals surface area contributed by atoms with Crippen molar-refractivity contribution in [2.24, 2.45) is 0 Å². The molecule has 0 saturated heterocycles. The molecule has 0 heterocycles. The topological polar surface area (TPSA) is 119 Å². The molecule has 126 valence electrons. The van der Waals surface area contributed by atoms with E-state index in [0.717, 1.165) is 0 Å². The number of rotatable bonds is 8. The Morgan fingerprint density at radius 1 is 1.27 bits per heavy atom. The molecule has 0 aliphatic rings. The van der Waals surface area contributed by atoms with E-state index >= 15 is 0 Å². The summed E-state index contributed by atoms with van der Waals surface area (Å²) in [6.45, 7) is 3.92. The van der Waals surface area contributed by atoms with Gasteiger partial charge in [0.15, 0.2) is 0 Å². The first-order chi connectivity index (χ1) is 10.1. The number of carbonyl (C=O) groups excluding carboxylic acids is 3. The van der Waals surface area contributed by atoms with Crippen molar-refractivity contribution in [1.82, 2.24) is 5.32 Å². The molecule has 0 saturated carbocycles. The standard InChI is InChI=1S/C12H19NO7S2/c1-4-8(14)19-6-20-11(18)22-12(2,3)10(17)13-7(5-21)9(15)16/h7,21H,4-6H2,1-3H3,(H,13,17)(H,15,16)/t7-/m0/s1. The lowest BCUT2D eigenvalue weighted by molar-refractivity contribution is -0.150. The Bertz CT molecular complexity index is 439. The maximum Gasteiger partial charge on any atom is 0.371 e. The van der Waals surface area contributed by atoms with Crippen molar-refractivity contribution in [2.75, 3.05) is 12.5 Å². The minimum Gasteiger partial charge on any atom is -0.480 e. The van der Waals surface area contributed by atoms with Gasteiger partial charge in [-0.1, -0.05) is 6.92 Å². The maximum atomic E-state index is 12.0. The Balaban J connectivity index is 4.42. The molecule has 0 aliphatic carbocycles. The lowest BCUT2D eigenvalue weighted by Gasteiger charge is -2.23. The lowest BCUT2D eigenvalue weighted by atomic mass is 10.2. The summed E-state index contributed by atoms with van der Waals surface area (Å²) in [5, 5.41) is 10.3. The van der Waals surface area contributed by atoms with E-state index < -0.39 is 40.7 Å². The molecule has 0 bridgehead atoms. The Morgan fingerprint density at radius 3 is 2.32 bits per heavy atom. The van der Waals surface area contributed by atoms with Gasteiger partial charge in [0.25, 0.3) is 0 Å². The predicted molar refractivity (Wildman–Crippen MR) is 82.8 cm³/mol. The minimum atomic E-state index is -1.26. The summed E-state index contributed by atoms with van der Waals surface area (Å²) in [7, 11) is 0. The highest BCUT2D eigenvalue weighted by atomic mass is 32.2. The summed E-state index contributed by atoms with van der Waals surface area (Å²) in [6.07, 6.45) is 0.152. The van der Waals surface area contributed by atoms with E-state index in [1.807, 2.05) is 0 Å². The van der Waals surface area contributed by atoms with Crippen molar-refractivity contribution in [1.29, 1.82) is 0 Å². The van der Waals surface area contributed by atoms with Crippen LogP contribution >= 0.6 is 24.4 Å². The number of nitrogens with one attached hydrogen (secondary N) is 1. The predicted octanol–water partition coefficient (Wildman–Crippen LogP) is 1.04. The Labute approximate surface area is 137 Å². The lowest BCUT2D eigenvalue weighted by Crippen LogP contribution is -2.49. The van der Waals surface area contributed by atoms with Gasteiger partial charge in [0.05, 0.1) is 4.75 Å². The second kappa shape index (κ2) is 9.57. The summed E-state index contributed by atoms with van der Waals surface area (Å²) in [4.78, 5) is 45.2. The average Bonchev–Trinajstić information content (AvgIpc) is 2.42. The summed E-state index contributed by atoms with van der Waals surface area (Å²) < 4.78 is 7.95. The van der Waals surface area contributed by atoms with Gasteiger partial charge in [0.2, 0.25) is 12.7 Å². The molecule has 22 heavy (non-hydrogen) atoms. The molecule has 0 radical (unpaired) electrons. The van der Waals surface area contributed by atoms with Gasteiger partial charge in [-0.15, -0.1) is 0 Å². The van der Waals surface area contributed by atoms with Crippen LogP contribution in [0, 0.1) is 0 Å². The summed E-state index contributed by atoms with van der Waals surface area (Å²) in [5.41, 5.74) is 0. The van der Waals surface area contributed by atoms with Crippen molar-refractivity contribution in [2.45, 2.75) is 38.0 Å². The van der Waals surface area contributed by atoms with Crippen molar-refractivity contribution < 1.29 is 33.8 Å². The quantitative estimate of drug-likeness (QED) is 0.336. The molecule has 1 amide bonds. The highest BCUT2D eigenvalue weighted by Gasteiger charge is 2.34. The molecular weight excluding hydrogens is 334 g/mol. The SMILES string of the molecule is CCC(=O)OCOC(=O)SC(C)(C)C(=O)N[C@@H](CS)C(=O)O. The van der Waals surface area contributed by atoms with Crippen molar-refractivity contribution >= 4 is 47.5 Å². The van der Waals surface area contributed by atoms with Crippen LogP contribution in [0.15, 0.2) is 0 Å². The van der Waals surface area contributed by atoms with E-state index in [-0.39, 0.29) is 12.2 Å². The first-order valence-corrected chi connectivity index (χ1v) is 7.75. The van der Waals surface area contributed by atoms with Crippen LogP contribution in [0.1, 0.15) is 27.2 Å². The van der Waals surface area contributed by atoms with Crippen LogP contribution < -0.4 is 5.32 Å². The normalized spacial score (nSPS) is 12.2. The van der Waals surface area contributed by atoms with Gasteiger partial charge >= 0.3 is 17.2 Å². The third kappa shape index (κ3) is 7.55. The molecule has 0 unspecified atom stereocenters. The number of carbonyl (C=O) groups is 4. The number of carboxylic acid groups (broad SMARTS) is 1. The van der Waals surface area contributed by atoms with E-state index in [2.05, 4.69) is 27.4 Å². The fourth-order valence-electron chi connectivity index (χ4n) is 1.05. The number of amides is 1. The second-order valence-electron chi connectivity index (χ2n) is 4.54. The number of carboxylic acids is 1. The summed E-state index contributed by atoms with van der Waals surface area (Å²) in [6, 6.07) is -1.16. The van der Waals surface area contributed by atoms with Crippen LogP contribution in [0.2, 0.25) is 0 Å². The number of hydrogen-bond acceptors (Lipinski definition) is 8. The number of esters is 1. The van der Waals surface area contributed by atoms with E-state index in [9.17, 15) is 19.2 Å². The first kappa shape index (κ1) is 20.6. The molecule has 0 rings (SSSR count). The van der Waals surface area contributed by atoms with Crippen molar-refractivity contribution in [3.05, 3.63) is 0 Å². The van der Waals surface area contributed by atoms with Gasteiger partial charge in [0.1, 0.15) is 6.04 Å². The Kier molecular flexibility index (Phi) is 8.95. The maximum absolute atomic E-state index is 12.0. The number of aliphatic carboxylic acids is 1. The number of thiol groups is 1. The van der Waals surface area contributed by atoms with Gasteiger partial charge in [-0.05, 0) is 25.6 Å². The van der Waals surface area contributed by atoms with Gasteiger partial charge < -0.3 is 19.9 Å². The Hall–Kier alpha value is -1.42. The number of hydrogen-bond donors (Lipinski definition) is 3. The second-order valence-corrected chi connectivity index (χ2v) is 6.46. The first-order valence-electron chi connectivity index (χ1n) is 6.30. The fraction of sp³-hybridized carbons (Fsp3) is 0.667. The molecule has 0 spiro atoms. The van der Waals surface area contributed by atoms with Crippen LogP contribution in [0.5, 0.6) is 0 Å². The van der Waals surface area contributed by atoms with Crippen molar-refractivity contribution in [3.8, 4) is 0 Å². The number of ether oxygens (including phenoxy) is 2. The molecule has 0 aromatic heterocycles. The van der Waals surface area contributed by atoms with Gasteiger partial charge in [-0.25, -0.2) is 9.59 Å². The van der Waals surface area contributed by atoms with Crippen LogP contribution in [0.25, 0.3) is 0 Å². The molecular formula is C12H19NO7S2. The third-order valence-corrected chi connectivity index (χ3v) is 3.70. The minimum absolute atomic E-state index is 0.0841. The summed E-state index contributed by atoms with van der Waals surface area (Å²) >= 11 is 4.38. The Morgan fingerprint density at radius 2 is 1.86 bits per heavy atom. The third-order valence-electron chi connectivity index (χ3n) is 2.36. The molecule has 2 N–H and O–H groups in total. The van der Waals surface area contributed by atoms with Crippen LogP contribution in [0.3, 0.4) is 0 Å². The smallest absolute Gasteiger partial charge is 0.371 e. The largest absolute Gasteiger partial charge is 0.480 e. The molecule has 0 aromatic rings. The van der Waals surface area contributed by atoms with Gasteiger partial charge in [-0.3, -0.25) is 9.59 Å². The van der Waals surface area contributed by atoms with E-state index in [0.29, 0.717) is 11.8 Å². The molecule has 8 nitrogen and oxygen atoms in total. The average molecular weight is 353 g/mol. The highest BCUT2D eigenvalue weighted by Crippen LogP contribution is 2.26. The zero-order valence-corrected chi connectivity index (χ0v) is 14.2. The van der Waals surface area contributed by atoms with E-state index in [1.165, 1.54) is 13.8 Å². The van der Waals surface area contributed by atoms with Gasteiger partial charge in [-0.2, -0.15) is 12.6 Å². The zero-order chi connectivity index (χ0) is 17.3. The van der Waals surface area contributed by atoms with Crippen LogP contribution in [0.4, 0.5) is 4.79 Å². The van der Waals surface area contributed by atoms with Crippen molar-refractivity contribution in [3.63, 3.8) is 0 Å². The van der Waals surface area contributed by atoms with E-state index in [4.69, 9.17) is 5.11 Å². The fourth-order valence-corrected chi connectivity index (χ4v) is 1.97. The zero-order valence-electron chi connectivity index (χ0n) is 12.5. The van der Waals surface area contributed by atoms with Crippen LogP contribution in [-0.4, -0.2) is 51.6 Å².